The number of aliphatic hydroxyl groups is 1. The van der Waals surface area contributed by atoms with E-state index in [1.165, 1.54) is 12.7 Å². The number of fused-ring (bicyclic) bond motifs is 1. The molecule has 2 aromatic heterocycles. The summed E-state index contributed by atoms with van der Waals surface area (Å²) in [6.45, 7) is 0.245. The maximum absolute atomic E-state index is 12.7. The Hall–Kier alpha value is -3.22. The van der Waals surface area contributed by atoms with Crippen LogP contribution in [-0.2, 0) is 24.1 Å². The van der Waals surface area contributed by atoms with Gasteiger partial charge in [-0.05, 0) is 48.2 Å². The van der Waals surface area contributed by atoms with Crippen molar-refractivity contribution < 1.29 is 9.84 Å². The van der Waals surface area contributed by atoms with Crippen LogP contribution in [0.5, 0.6) is 0 Å². The van der Waals surface area contributed by atoms with Gasteiger partial charge in [0.25, 0.3) is 5.56 Å². The zero-order chi connectivity index (χ0) is 20.2. The lowest BCUT2D eigenvalue weighted by atomic mass is 10.1. The van der Waals surface area contributed by atoms with Crippen molar-refractivity contribution in [2.24, 2.45) is 0 Å². The van der Waals surface area contributed by atoms with Crippen molar-refractivity contribution in [1.82, 2.24) is 14.3 Å². The van der Waals surface area contributed by atoms with E-state index < -0.39 is 6.29 Å². The average molecular weight is 389 g/mol. The zero-order valence-corrected chi connectivity index (χ0v) is 16.2. The molecule has 2 aromatic carbocycles. The fourth-order valence-corrected chi connectivity index (χ4v) is 3.41. The molecule has 0 spiro atoms. The first-order chi connectivity index (χ1) is 14.1. The first-order valence-electron chi connectivity index (χ1n) is 9.56. The Kier molecular flexibility index (Phi) is 5.55. The minimum absolute atomic E-state index is 0.0582. The summed E-state index contributed by atoms with van der Waals surface area (Å²) < 4.78 is 8.20. The van der Waals surface area contributed by atoms with Gasteiger partial charge in [-0.3, -0.25) is 14.0 Å². The quantitative estimate of drug-likeness (QED) is 0.494. The molecule has 4 rings (SSSR count). The largest absolute Gasteiger partial charge is 0.366 e. The predicted octanol–water partition coefficient (Wildman–Crippen LogP) is 2.94. The van der Waals surface area contributed by atoms with Gasteiger partial charge in [-0.25, -0.2) is 0 Å². The molecule has 2 heterocycles. The SMILES string of the molecule is COC(O)Cn1ncc2cc(-n3ccc(CCc4ccccc4)cc3=O)ccc21. The van der Waals surface area contributed by atoms with Gasteiger partial charge in [-0.1, -0.05) is 30.3 Å². The third kappa shape index (κ3) is 4.29. The molecule has 0 amide bonds. The first kappa shape index (κ1) is 19.1. The number of hydrogen-bond acceptors (Lipinski definition) is 4. The van der Waals surface area contributed by atoms with Gasteiger partial charge >= 0.3 is 0 Å². The monoisotopic (exact) mass is 389 g/mol. The van der Waals surface area contributed by atoms with Crippen molar-refractivity contribution in [3.63, 3.8) is 0 Å². The van der Waals surface area contributed by atoms with Gasteiger partial charge in [0.15, 0.2) is 6.29 Å². The molecule has 1 N–H and O–H groups in total. The Morgan fingerprint density at radius 1 is 1.03 bits per heavy atom. The van der Waals surface area contributed by atoms with Crippen molar-refractivity contribution in [1.29, 1.82) is 0 Å². The molecule has 4 aromatic rings. The Labute approximate surface area is 168 Å². The number of hydrogen-bond donors (Lipinski definition) is 1. The van der Waals surface area contributed by atoms with E-state index in [1.807, 2.05) is 48.7 Å². The highest BCUT2D eigenvalue weighted by Gasteiger charge is 2.09. The van der Waals surface area contributed by atoms with Crippen LogP contribution in [0.2, 0.25) is 0 Å². The van der Waals surface area contributed by atoms with Gasteiger partial charge in [-0.15, -0.1) is 0 Å². The molecule has 29 heavy (non-hydrogen) atoms. The van der Waals surface area contributed by atoms with Crippen LogP contribution in [0.15, 0.2) is 77.9 Å². The van der Waals surface area contributed by atoms with Gasteiger partial charge in [-0.2, -0.15) is 5.10 Å². The Balaban J connectivity index is 1.55. The Morgan fingerprint density at radius 2 is 1.83 bits per heavy atom. The second kappa shape index (κ2) is 8.43. The number of aryl methyl sites for hydroxylation is 2. The van der Waals surface area contributed by atoms with E-state index in [4.69, 9.17) is 4.74 Å². The molecule has 0 aliphatic rings. The molecule has 1 atom stereocenters. The second-order valence-electron chi connectivity index (χ2n) is 6.99. The molecular weight excluding hydrogens is 366 g/mol. The predicted molar refractivity (Wildman–Crippen MR) is 112 cm³/mol. The third-order valence-electron chi connectivity index (χ3n) is 5.03. The van der Waals surface area contributed by atoms with Crippen LogP contribution in [-0.4, -0.2) is 32.9 Å². The fraction of sp³-hybridized carbons (Fsp3) is 0.217. The van der Waals surface area contributed by atoms with E-state index in [0.29, 0.717) is 0 Å². The standard InChI is InChI=1S/C23H23N3O3/c1-29-23(28)16-26-21-10-9-20(14-19(21)15-24-26)25-12-11-18(13-22(25)27)8-7-17-5-3-2-4-6-17/h2-6,9-15,23,28H,7-8,16H2,1H3. The topological polar surface area (TPSA) is 69.3 Å². The average Bonchev–Trinajstić information content (AvgIpc) is 3.15. The lowest BCUT2D eigenvalue weighted by Crippen LogP contribution is -2.18. The molecule has 0 radical (unpaired) electrons. The van der Waals surface area contributed by atoms with E-state index in [2.05, 4.69) is 17.2 Å². The van der Waals surface area contributed by atoms with Gasteiger partial charge in [0.1, 0.15) is 0 Å². The molecule has 0 aliphatic heterocycles. The highest BCUT2D eigenvalue weighted by molar-refractivity contribution is 5.80. The molecule has 0 saturated carbocycles. The number of benzene rings is 2. The highest BCUT2D eigenvalue weighted by Crippen LogP contribution is 2.18. The maximum Gasteiger partial charge on any atom is 0.255 e. The summed E-state index contributed by atoms with van der Waals surface area (Å²) in [7, 11) is 1.45. The van der Waals surface area contributed by atoms with Gasteiger partial charge in [0, 0.05) is 30.4 Å². The van der Waals surface area contributed by atoms with Crippen LogP contribution in [0.4, 0.5) is 0 Å². The number of ether oxygens (including phenoxy) is 1. The number of nitrogens with zero attached hydrogens (tertiary/aromatic N) is 3. The summed E-state index contributed by atoms with van der Waals surface area (Å²) in [5.74, 6) is 0. The summed E-state index contributed by atoms with van der Waals surface area (Å²) in [5.41, 5.74) is 3.88. The van der Waals surface area contributed by atoms with Crippen LogP contribution >= 0.6 is 0 Å². The zero-order valence-electron chi connectivity index (χ0n) is 16.2. The van der Waals surface area contributed by atoms with E-state index in [9.17, 15) is 9.90 Å². The van der Waals surface area contributed by atoms with Crippen LogP contribution in [0.1, 0.15) is 11.1 Å². The molecule has 0 aliphatic carbocycles. The van der Waals surface area contributed by atoms with E-state index in [0.717, 1.165) is 35.0 Å². The lowest BCUT2D eigenvalue weighted by Gasteiger charge is -2.10. The number of aromatic nitrogens is 3. The summed E-state index contributed by atoms with van der Waals surface area (Å²) in [5, 5.41) is 14.9. The van der Waals surface area contributed by atoms with Crippen LogP contribution in [0, 0.1) is 0 Å². The Bertz CT molecular complexity index is 1160. The number of rotatable bonds is 7. The van der Waals surface area contributed by atoms with Crippen LogP contribution < -0.4 is 5.56 Å². The summed E-state index contributed by atoms with van der Waals surface area (Å²) in [6, 6.07) is 19.7. The molecule has 6 nitrogen and oxygen atoms in total. The minimum atomic E-state index is -0.913. The highest BCUT2D eigenvalue weighted by atomic mass is 16.6. The summed E-state index contributed by atoms with van der Waals surface area (Å²) in [6.07, 6.45) is 4.36. The van der Waals surface area contributed by atoms with Gasteiger partial charge in [0.2, 0.25) is 0 Å². The smallest absolute Gasteiger partial charge is 0.255 e. The van der Waals surface area contributed by atoms with E-state index in [-0.39, 0.29) is 12.1 Å². The molecular formula is C23H23N3O3. The van der Waals surface area contributed by atoms with Crippen molar-refractivity contribution >= 4 is 10.9 Å². The second-order valence-corrected chi connectivity index (χ2v) is 6.99. The molecule has 0 saturated heterocycles. The number of methoxy groups -OCH3 is 1. The van der Waals surface area contributed by atoms with Crippen LogP contribution in [0.25, 0.3) is 16.6 Å². The van der Waals surface area contributed by atoms with Crippen molar-refractivity contribution in [2.75, 3.05) is 7.11 Å². The normalized spacial score (nSPS) is 12.3. The summed E-state index contributed by atoms with van der Waals surface area (Å²) >= 11 is 0. The maximum atomic E-state index is 12.7. The Morgan fingerprint density at radius 3 is 2.59 bits per heavy atom. The number of aliphatic hydroxyl groups excluding tert-OH is 1. The molecule has 0 bridgehead atoms. The molecule has 6 heteroatoms. The van der Waals surface area contributed by atoms with E-state index in [1.54, 1.807) is 21.5 Å². The van der Waals surface area contributed by atoms with Crippen molar-refractivity contribution in [2.45, 2.75) is 25.7 Å². The number of pyridine rings is 1. The van der Waals surface area contributed by atoms with Crippen molar-refractivity contribution in [3.05, 3.63) is 94.5 Å². The molecule has 1 unspecified atom stereocenters. The van der Waals surface area contributed by atoms with Crippen molar-refractivity contribution in [3.8, 4) is 5.69 Å². The van der Waals surface area contributed by atoms with Crippen LogP contribution in [0.3, 0.4) is 0 Å². The minimum Gasteiger partial charge on any atom is -0.366 e. The lowest BCUT2D eigenvalue weighted by molar-refractivity contribution is -0.0845. The third-order valence-corrected chi connectivity index (χ3v) is 5.03. The van der Waals surface area contributed by atoms with Gasteiger partial charge < -0.3 is 9.84 Å². The molecule has 148 valence electrons. The first-order valence-corrected chi connectivity index (χ1v) is 9.56. The summed E-state index contributed by atoms with van der Waals surface area (Å²) in [4.78, 5) is 12.7. The van der Waals surface area contributed by atoms with E-state index >= 15 is 0 Å². The fourth-order valence-electron chi connectivity index (χ4n) is 3.41. The van der Waals surface area contributed by atoms with Gasteiger partial charge in [0.05, 0.1) is 18.3 Å². The molecule has 0 fully saturated rings.